The third-order valence-corrected chi connectivity index (χ3v) is 3.18. The molecule has 108 valence electrons. The summed E-state index contributed by atoms with van der Waals surface area (Å²) in [5.74, 6) is 0.221. The van der Waals surface area contributed by atoms with Crippen LogP contribution < -0.4 is 9.64 Å². The number of carbonyl (C=O) groups excluding carboxylic acids is 1. The van der Waals surface area contributed by atoms with E-state index < -0.39 is 11.0 Å². The van der Waals surface area contributed by atoms with Crippen molar-refractivity contribution < 1.29 is 14.5 Å². The molecule has 0 bridgehead atoms. The number of anilines is 1. The minimum absolute atomic E-state index is 0.179. The number of amides is 1. The highest BCUT2D eigenvalue weighted by molar-refractivity contribution is 5.99. The highest BCUT2D eigenvalue weighted by Gasteiger charge is 2.37. The minimum atomic E-state index is -0.575. The third-order valence-electron chi connectivity index (χ3n) is 3.18. The van der Waals surface area contributed by atoms with Crippen LogP contribution in [0.15, 0.2) is 12.1 Å². The molecule has 0 spiro atoms. The Morgan fingerprint density at radius 1 is 1.45 bits per heavy atom. The molecule has 1 aliphatic heterocycles. The van der Waals surface area contributed by atoms with Crippen molar-refractivity contribution in [2.75, 3.05) is 11.4 Å². The molecular formula is C13H17N3O4. The van der Waals surface area contributed by atoms with Crippen LogP contribution in [0.3, 0.4) is 0 Å². The van der Waals surface area contributed by atoms with Gasteiger partial charge in [0.25, 0.3) is 11.7 Å². The molecule has 0 N–H and O–H groups in total. The van der Waals surface area contributed by atoms with E-state index in [4.69, 9.17) is 4.74 Å². The number of hydrogen-bond donors (Lipinski definition) is 0. The maximum Gasteiger partial charge on any atom is 0.366 e. The summed E-state index contributed by atoms with van der Waals surface area (Å²) < 4.78 is 5.56. The summed E-state index contributed by atoms with van der Waals surface area (Å²) in [4.78, 5) is 28.0. The Bertz CT molecular complexity index is 532. The topological polar surface area (TPSA) is 85.6 Å². The van der Waals surface area contributed by atoms with E-state index >= 15 is 0 Å². The van der Waals surface area contributed by atoms with Gasteiger partial charge in [0.2, 0.25) is 0 Å². The molecule has 1 unspecified atom stereocenters. The fraction of sp³-hybridized carbons (Fsp3) is 0.538. The number of hydrogen-bond acceptors (Lipinski definition) is 5. The molecule has 0 aliphatic carbocycles. The first-order valence-electron chi connectivity index (χ1n) is 6.72. The van der Waals surface area contributed by atoms with Crippen molar-refractivity contribution in [2.24, 2.45) is 0 Å². The highest BCUT2D eigenvalue weighted by atomic mass is 16.6. The summed E-state index contributed by atoms with van der Waals surface area (Å²) in [6.45, 7) is 4.38. The molecule has 7 heteroatoms. The summed E-state index contributed by atoms with van der Waals surface area (Å²) in [5.41, 5.74) is 0. The summed E-state index contributed by atoms with van der Waals surface area (Å²) in [7, 11) is 0. The fourth-order valence-corrected chi connectivity index (χ4v) is 2.08. The quantitative estimate of drug-likeness (QED) is 0.609. The van der Waals surface area contributed by atoms with E-state index in [-0.39, 0.29) is 17.5 Å². The van der Waals surface area contributed by atoms with Crippen LogP contribution in [-0.2, 0) is 4.79 Å². The molecule has 2 heterocycles. The van der Waals surface area contributed by atoms with Gasteiger partial charge in [-0.05, 0) is 28.8 Å². The largest absolute Gasteiger partial charge is 0.474 e. The van der Waals surface area contributed by atoms with Gasteiger partial charge in [-0.25, -0.2) is 0 Å². The van der Waals surface area contributed by atoms with Crippen molar-refractivity contribution in [3.05, 3.63) is 22.2 Å². The Labute approximate surface area is 116 Å². The molecule has 20 heavy (non-hydrogen) atoms. The number of unbranched alkanes of at least 4 members (excludes halogenated alkanes) is 1. The van der Waals surface area contributed by atoms with Crippen LogP contribution in [0.5, 0.6) is 5.75 Å². The van der Waals surface area contributed by atoms with E-state index in [1.807, 2.05) is 13.8 Å². The molecule has 1 amide bonds. The number of aromatic nitrogens is 1. The summed E-state index contributed by atoms with van der Waals surface area (Å²) in [5, 5.41) is 10.8. The zero-order chi connectivity index (χ0) is 14.7. The number of nitro groups is 1. The molecule has 2 rings (SSSR count). The van der Waals surface area contributed by atoms with E-state index in [1.54, 1.807) is 0 Å². The Morgan fingerprint density at radius 3 is 2.80 bits per heavy atom. The lowest BCUT2D eigenvalue weighted by atomic mass is 10.1. The van der Waals surface area contributed by atoms with Gasteiger partial charge in [0.1, 0.15) is 0 Å². The Balaban J connectivity index is 2.41. The average Bonchev–Trinajstić information content (AvgIpc) is 2.45. The number of ether oxygens (including phenoxy) is 1. The lowest BCUT2D eigenvalue weighted by molar-refractivity contribution is -0.389. The van der Waals surface area contributed by atoms with Crippen molar-refractivity contribution in [1.29, 1.82) is 0 Å². The second-order valence-electron chi connectivity index (χ2n) is 4.61. The van der Waals surface area contributed by atoms with Crippen molar-refractivity contribution in [3.8, 4) is 5.75 Å². The molecule has 1 aromatic heterocycles. The summed E-state index contributed by atoms with van der Waals surface area (Å²) in [6.07, 6.45) is 1.75. The first-order valence-corrected chi connectivity index (χ1v) is 6.72. The van der Waals surface area contributed by atoms with Crippen LogP contribution in [-0.4, -0.2) is 28.5 Å². The Hall–Kier alpha value is -2.18. The number of rotatable bonds is 5. The van der Waals surface area contributed by atoms with Gasteiger partial charge in [0, 0.05) is 12.6 Å². The zero-order valence-corrected chi connectivity index (χ0v) is 11.5. The van der Waals surface area contributed by atoms with Crippen LogP contribution in [0, 0.1) is 10.1 Å². The van der Waals surface area contributed by atoms with Gasteiger partial charge in [-0.1, -0.05) is 20.3 Å². The van der Waals surface area contributed by atoms with Crippen molar-refractivity contribution >= 4 is 17.5 Å². The van der Waals surface area contributed by atoms with E-state index in [0.29, 0.717) is 18.7 Å². The highest BCUT2D eigenvalue weighted by Crippen LogP contribution is 2.34. The number of nitrogens with zero attached hydrogens (tertiary/aromatic N) is 3. The normalized spacial score (nSPS) is 17.6. The fourth-order valence-electron chi connectivity index (χ4n) is 2.08. The maximum absolute atomic E-state index is 12.3. The van der Waals surface area contributed by atoms with Gasteiger partial charge < -0.3 is 14.9 Å². The number of fused-ring (bicyclic) bond motifs is 1. The predicted molar refractivity (Wildman–Crippen MR) is 72.9 cm³/mol. The van der Waals surface area contributed by atoms with Crippen LogP contribution in [0.1, 0.15) is 33.1 Å². The first kappa shape index (κ1) is 14.2. The van der Waals surface area contributed by atoms with E-state index in [9.17, 15) is 14.9 Å². The van der Waals surface area contributed by atoms with Crippen molar-refractivity contribution in [3.63, 3.8) is 0 Å². The van der Waals surface area contributed by atoms with Gasteiger partial charge in [-0.15, -0.1) is 0 Å². The summed E-state index contributed by atoms with van der Waals surface area (Å²) >= 11 is 0. The molecule has 7 nitrogen and oxygen atoms in total. The standard InChI is InChI=1S/C13H17N3O4/c1-3-5-8-15-12-10(20-9(4-2)13(15)17)6-7-11(14-12)16(18)19/h6-7,9H,3-5,8H2,1-2H3. The predicted octanol–water partition coefficient (Wildman–Crippen LogP) is 2.29. The van der Waals surface area contributed by atoms with Crippen molar-refractivity contribution in [1.82, 2.24) is 4.98 Å². The molecule has 0 fully saturated rings. The molecule has 1 aliphatic rings. The monoisotopic (exact) mass is 279 g/mol. The maximum atomic E-state index is 12.3. The first-order chi connectivity index (χ1) is 9.58. The van der Waals surface area contributed by atoms with E-state index in [1.165, 1.54) is 17.0 Å². The second-order valence-corrected chi connectivity index (χ2v) is 4.61. The van der Waals surface area contributed by atoms with Crippen LogP contribution in [0.4, 0.5) is 11.6 Å². The van der Waals surface area contributed by atoms with Gasteiger partial charge in [-0.2, -0.15) is 0 Å². The van der Waals surface area contributed by atoms with Gasteiger partial charge >= 0.3 is 5.82 Å². The average molecular weight is 279 g/mol. The smallest absolute Gasteiger partial charge is 0.366 e. The van der Waals surface area contributed by atoms with Crippen LogP contribution in [0.25, 0.3) is 0 Å². The molecule has 0 saturated heterocycles. The van der Waals surface area contributed by atoms with Gasteiger partial charge in [0.05, 0.1) is 0 Å². The number of carbonyl (C=O) groups is 1. The van der Waals surface area contributed by atoms with E-state index in [2.05, 4.69) is 4.98 Å². The minimum Gasteiger partial charge on any atom is -0.474 e. The lowest BCUT2D eigenvalue weighted by Gasteiger charge is -2.30. The third kappa shape index (κ3) is 2.56. The molecule has 1 atom stereocenters. The zero-order valence-electron chi connectivity index (χ0n) is 11.5. The number of pyridine rings is 1. The molecule has 0 aromatic carbocycles. The molecule has 0 radical (unpaired) electrons. The van der Waals surface area contributed by atoms with Crippen molar-refractivity contribution in [2.45, 2.75) is 39.2 Å². The Morgan fingerprint density at radius 2 is 2.20 bits per heavy atom. The van der Waals surface area contributed by atoms with Crippen LogP contribution in [0.2, 0.25) is 0 Å². The summed E-state index contributed by atoms with van der Waals surface area (Å²) in [6, 6.07) is 2.80. The Kier molecular flexibility index (Phi) is 4.16. The van der Waals surface area contributed by atoms with E-state index in [0.717, 1.165) is 12.8 Å². The molecule has 1 aromatic rings. The molecular weight excluding hydrogens is 262 g/mol. The molecule has 0 saturated carbocycles. The lowest BCUT2D eigenvalue weighted by Crippen LogP contribution is -2.46. The van der Waals surface area contributed by atoms with Gasteiger partial charge in [0.15, 0.2) is 11.9 Å². The second kappa shape index (κ2) is 5.85. The SMILES string of the molecule is CCCCN1C(=O)C(CC)Oc2ccc([N+](=O)[O-])nc21. The van der Waals surface area contributed by atoms with Crippen LogP contribution >= 0.6 is 0 Å². The van der Waals surface area contributed by atoms with Gasteiger partial charge in [-0.3, -0.25) is 9.69 Å².